The number of rotatable bonds is 0. The van der Waals surface area contributed by atoms with Crippen molar-refractivity contribution in [3.63, 3.8) is 0 Å². The Balaban J connectivity index is 0.0000000800. The molecule has 0 saturated carbocycles. The Kier molecular flexibility index (Phi) is 1.83. The van der Waals surface area contributed by atoms with Gasteiger partial charge in [0.15, 0.2) is 6.29 Å². The second-order valence-electron chi connectivity index (χ2n) is 1.93. The molecule has 0 spiro atoms. The molecule has 0 aliphatic carbocycles. The van der Waals surface area contributed by atoms with Crippen molar-refractivity contribution in [3.8, 4) is 0 Å². The first-order valence-electron chi connectivity index (χ1n) is 2.70. The van der Waals surface area contributed by atoms with Crippen LogP contribution in [-0.4, -0.2) is 30.7 Å². The van der Waals surface area contributed by atoms with Gasteiger partial charge >= 0.3 is 0 Å². The van der Waals surface area contributed by atoms with Crippen LogP contribution in [0.2, 0.25) is 0 Å². The molecule has 0 aromatic heterocycles. The molecule has 3 nitrogen and oxygen atoms in total. The summed E-state index contributed by atoms with van der Waals surface area (Å²) in [5, 5.41) is 7.94. The van der Waals surface area contributed by atoms with Gasteiger partial charge in [-0.15, -0.1) is 0 Å². The average Bonchev–Trinajstić information content (AvgIpc) is 2.47. The van der Waals surface area contributed by atoms with Crippen LogP contribution in [-0.2, 0) is 9.47 Å². The van der Waals surface area contributed by atoms with Crippen LogP contribution in [0.5, 0.6) is 0 Å². The summed E-state index contributed by atoms with van der Waals surface area (Å²) >= 11 is 0. The maximum Gasteiger partial charge on any atom is 0.178 e. The highest BCUT2D eigenvalue weighted by molar-refractivity contribution is 4.58. The van der Waals surface area contributed by atoms with Gasteiger partial charge in [0.1, 0.15) is 6.61 Å². The van der Waals surface area contributed by atoms with Crippen LogP contribution >= 0.6 is 0 Å². The molecule has 2 atom stereocenters. The average molecular weight is 118 g/mol. The highest BCUT2D eigenvalue weighted by atomic mass is 16.7. The summed E-state index contributed by atoms with van der Waals surface area (Å²) in [4.78, 5) is 0. The zero-order valence-electron chi connectivity index (χ0n) is 4.83. The van der Waals surface area contributed by atoms with Crippen molar-refractivity contribution in [1.29, 1.82) is 0 Å². The van der Waals surface area contributed by atoms with Gasteiger partial charge in [-0.2, -0.15) is 0 Å². The molecule has 0 radical (unpaired) electrons. The van der Waals surface area contributed by atoms with Gasteiger partial charge in [0.25, 0.3) is 0 Å². The zero-order valence-corrected chi connectivity index (χ0v) is 4.83. The maximum atomic E-state index is 7.94. The van der Waals surface area contributed by atoms with E-state index in [4.69, 9.17) is 9.84 Å². The van der Waals surface area contributed by atoms with E-state index >= 15 is 0 Å². The Bertz CT molecular complexity index is 56.1. The lowest BCUT2D eigenvalue weighted by Crippen LogP contribution is -1.70. The van der Waals surface area contributed by atoms with E-state index in [0.717, 1.165) is 6.61 Å². The van der Waals surface area contributed by atoms with Gasteiger partial charge in [-0.3, -0.25) is 0 Å². The SMILES string of the molecule is CC1CO1.OC1CO1. The Morgan fingerprint density at radius 3 is 1.62 bits per heavy atom. The minimum atomic E-state index is -0.417. The number of ether oxygens (including phenoxy) is 2. The van der Waals surface area contributed by atoms with Crippen LogP contribution in [0.1, 0.15) is 6.92 Å². The normalized spacial score (nSPS) is 39.8. The molecule has 2 heterocycles. The fraction of sp³-hybridized carbons (Fsp3) is 1.00. The molecule has 2 saturated heterocycles. The van der Waals surface area contributed by atoms with Gasteiger partial charge < -0.3 is 14.6 Å². The van der Waals surface area contributed by atoms with Gasteiger partial charge in [0, 0.05) is 0 Å². The molecule has 2 unspecified atom stereocenters. The predicted molar refractivity (Wildman–Crippen MR) is 27.4 cm³/mol. The maximum absolute atomic E-state index is 7.94. The van der Waals surface area contributed by atoms with Crippen LogP contribution in [0.25, 0.3) is 0 Å². The standard InChI is InChI=1S/C3H6O.C2H4O2/c1-3-2-4-3;3-2-1-4-2/h3H,2H2,1H3;2-3H,1H2. The molecular formula is C5H10O3. The third kappa shape index (κ3) is 4.05. The molecule has 8 heavy (non-hydrogen) atoms. The largest absolute Gasteiger partial charge is 0.373 e. The van der Waals surface area contributed by atoms with E-state index in [1.54, 1.807) is 0 Å². The molecule has 48 valence electrons. The Morgan fingerprint density at radius 2 is 1.62 bits per heavy atom. The van der Waals surface area contributed by atoms with E-state index in [1.807, 2.05) is 0 Å². The molecule has 0 aromatic carbocycles. The Morgan fingerprint density at radius 1 is 1.38 bits per heavy atom. The monoisotopic (exact) mass is 118 g/mol. The van der Waals surface area contributed by atoms with Crippen LogP contribution in [0.4, 0.5) is 0 Å². The van der Waals surface area contributed by atoms with Gasteiger partial charge in [0.05, 0.1) is 12.7 Å². The number of epoxide rings is 2. The highest BCUT2D eigenvalue weighted by Gasteiger charge is 2.16. The summed E-state index contributed by atoms with van der Waals surface area (Å²) in [5.74, 6) is 0. The number of aliphatic hydroxyl groups is 1. The van der Waals surface area contributed by atoms with Crippen LogP contribution in [0.3, 0.4) is 0 Å². The van der Waals surface area contributed by atoms with Crippen LogP contribution < -0.4 is 0 Å². The minimum absolute atomic E-state index is 0.417. The second kappa shape index (κ2) is 2.44. The lowest BCUT2D eigenvalue weighted by atomic mass is 10.6. The van der Waals surface area contributed by atoms with Gasteiger partial charge in [0.2, 0.25) is 0 Å². The number of hydrogen-bond donors (Lipinski definition) is 1. The summed E-state index contributed by atoms with van der Waals surface area (Å²) in [6.07, 6.45) is 0.167. The second-order valence-corrected chi connectivity index (χ2v) is 1.93. The fourth-order valence-corrected chi connectivity index (χ4v) is 0.139. The van der Waals surface area contributed by atoms with Gasteiger partial charge in [-0.05, 0) is 6.92 Å². The van der Waals surface area contributed by atoms with Crippen LogP contribution in [0, 0.1) is 0 Å². The Hall–Kier alpha value is -0.120. The lowest BCUT2D eigenvalue weighted by Gasteiger charge is -1.54. The molecule has 2 rings (SSSR count). The first-order chi connectivity index (χ1) is 3.79. The topological polar surface area (TPSA) is 45.3 Å². The molecule has 2 aliphatic heterocycles. The van der Waals surface area contributed by atoms with E-state index in [1.165, 1.54) is 0 Å². The summed E-state index contributed by atoms with van der Waals surface area (Å²) < 4.78 is 8.97. The summed E-state index contributed by atoms with van der Waals surface area (Å²) in [6.45, 7) is 3.58. The first kappa shape index (κ1) is 6.01. The van der Waals surface area contributed by atoms with Crippen molar-refractivity contribution in [3.05, 3.63) is 0 Å². The van der Waals surface area contributed by atoms with Crippen molar-refractivity contribution < 1.29 is 14.6 Å². The summed E-state index contributed by atoms with van der Waals surface area (Å²) in [5.41, 5.74) is 0. The van der Waals surface area contributed by atoms with Gasteiger partial charge in [-0.1, -0.05) is 0 Å². The number of aliphatic hydroxyl groups excluding tert-OH is 1. The Labute approximate surface area is 48.2 Å². The predicted octanol–water partition coefficient (Wildman–Crippen LogP) is -0.260. The van der Waals surface area contributed by atoms with Crippen molar-refractivity contribution in [1.82, 2.24) is 0 Å². The van der Waals surface area contributed by atoms with Crippen molar-refractivity contribution in [2.45, 2.75) is 19.3 Å². The molecule has 2 fully saturated rings. The van der Waals surface area contributed by atoms with Crippen molar-refractivity contribution in [2.75, 3.05) is 13.2 Å². The van der Waals surface area contributed by atoms with Crippen molar-refractivity contribution in [2.24, 2.45) is 0 Å². The summed E-state index contributed by atoms with van der Waals surface area (Å²) in [6, 6.07) is 0. The molecule has 2 aliphatic rings. The molecule has 0 aromatic rings. The lowest BCUT2D eigenvalue weighted by molar-refractivity contribution is 0.156. The third-order valence-electron chi connectivity index (χ3n) is 0.816. The van der Waals surface area contributed by atoms with E-state index in [0.29, 0.717) is 12.7 Å². The highest BCUT2D eigenvalue weighted by Crippen LogP contribution is 2.04. The van der Waals surface area contributed by atoms with Gasteiger partial charge in [-0.25, -0.2) is 0 Å². The minimum Gasteiger partial charge on any atom is -0.373 e. The van der Waals surface area contributed by atoms with Crippen LogP contribution in [0.15, 0.2) is 0 Å². The quantitative estimate of drug-likeness (QED) is 0.446. The van der Waals surface area contributed by atoms with E-state index in [2.05, 4.69) is 11.7 Å². The molecule has 0 bridgehead atoms. The first-order valence-corrected chi connectivity index (χ1v) is 2.70. The van der Waals surface area contributed by atoms with E-state index < -0.39 is 6.29 Å². The zero-order chi connectivity index (χ0) is 5.98. The fourth-order valence-electron chi connectivity index (χ4n) is 0.139. The number of hydrogen-bond acceptors (Lipinski definition) is 3. The smallest absolute Gasteiger partial charge is 0.178 e. The molecule has 0 amide bonds. The van der Waals surface area contributed by atoms with E-state index in [9.17, 15) is 0 Å². The molecule has 3 heteroatoms. The molecular weight excluding hydrogens is 108 g/mol. The molecule has 1 N–H and O–H groups in total. The summed E-state index contributed by atoms with van der Waals surface area (Å²) in [7, 11) is 0. The third-order valence-corrected chi connectivity index (χ3v) is 0.816. The van der Waals surface area contributed by atoms with Crippen molar-refractivity contribution >= 4 is 0 Å². The van der Waals surface area contributed by atoms with E-state index in [-0.39, 0.29) is 0 Å².